The molecule has 108 valence electrons. The summed E-state index contributed by atoms with van der Waals surface area (Å²) in [7, 11) is 0. The van der Waals surface area contributed by atoms with E-state index in [1.54, 1.807) is 0 Å². The van der Waals surface area contributed by atoms with Crippen LogP contribution < -0.4 is 5.73 Å². The number of carbonyl (C=O) groups is 1. The molecule has 0 atom stereocenters. The number of nitrogens with two attached hydrogens (primary N) is 1. The third-order valence-electron chi connectivity index (χ3n) is 3.64. The lowest BCUT2D eigenvalue weighted by Gasteiger charge is -2.21. The van der Waals surface area contributed by atoms with Crippen molar-refractivity contribution in [3.8, 4) is 0 Å². The summed E-state index contributed by atoms with van der Waals surface area (Å²) in [4.78, 5) is 22.0. The Balaban J connectivity index is 1.96. The molecule has 2 N–H and O–H groups in total. The molecule has 1 saturated carbocycles. The van der Waals surface area contributed by atoms with Crippen LogP contribution in [0.2, 0.25) is 0 Å². The summed E-state index contributed by atoms with van der Waals surface area (Å²) in [6.45, 7) is 0.398. The van der Waals surface area contributed by atoms with Crippen molar-refractivity contribution < 1.29 is 14.5 Å². The molecule has 2 rings (SSSR count). The first-order valence-corrected chi connectivity index (χ1v) is 6.79. The van der Waals surface area contributed by atoms with Crippen molar-refractivity contribution in [2.75, 3.05) is 12.3 Å². The monoisotopic (exact) mass is 278 g/mol. The number of nitrogen functional groups attached to an aromatic ring is 1. The lowest BCUT2D eigenvalue weighted by Crippen LogP contribution is -2.17. The highest BCUT2D eigenvalue weighted by Gasteiger charge is 2.19. The second-order valence-electron chi connectivity index (χ2n) is 5.13. The summed E-state index contributed by atoms with van der Waals surface area (Å²) >= 11 is 0. The third kappa shape index (κ3) is 3.46. The molecule has 0 aliphatic heterocycles. The molecule has 0 heterocycles. The molecule has 1 fully saturated rings. The Labute approximate surface area is 117 Å². The van der Waals surface area contributed by atoms with Gasteiger partial charge in [0, 0.05) is 12.1 Å². The summed E-state index contributed by atoms with van der Waals surface area (Å²) in [5.74, 6) is -0.0880. The van der Waals surface area contributed by atoms with Gasteiger partial charge in [0.2, 0.25) is 0 Å². The minimum absolute atomic E-state index is 0.0767. The molecule has 0 unspecified atom stereocenters. The Bertz CT molecular complexity index is 510. The van der Waals surface area contributed by atoms with E-state index in [2.05, 4.69) is 0 Å². The maximum atomic E-state index is 11.9. The summed E-state index contributed by atoms with van der Waals surface area (Å²) < 4.78 is 5.26. The maximum absolute atomic E-state index is 11.9. The van der Waals surface area contributed by atoms with Crippen molar-refractivity contribution >= 4 is 17.3 Å². The quantitative estimate of drug-likeness (QED) is 0.395. The Morgan fingerprint density at radius 2 is 2.05 bits per heavy atom. The molecule has 0 radical (unpaired) electrons. The fraction of sp³-hybridized carbons (Fsp3) is 0.500. The smallest absolute Gasteiger partial charge is 0.340 e. The van der Waals surface area contributed by atoms with Crippen molar-refractivity contribution in [1.29, 1.82) is 0 Å². The van der Waals surface area contributed by atoms with E-state index in [0.29, 0.717) is 12.5 Å². The van der Waals surface area contributed by atoms with Crippen LogP contribution in [0.15, 0.2) is 18.2 Å². The van der Waals surface area contributed by atoms with Crippen LogP contribution in [0.1, 0.15) is 42.5 Å². The number of nitro groups is 1. The first-order valence-electron chi connectivity index (χ1n) is 6.79. The highest BCUT2D eigenvalue weighted by atomic mass is 16.6. The molecule has 20 heavy (non-hydrogen) atoms. The molecule has 1 aromatic carbocycles. The van der Waals surface area contributed by atoms with E-state index in [4.69, 9.17) is 10.5 Å². The number of non-ortho nitro benzene ring substituents is 1. The van der Waals surface area contributed by atoms with Crippen LogP contribution in [0.25, 0.3) is 0 Å². The molecule has 0 saturated heterocycles. The number of anilines is 1. The van der Waals surface area contributed by atoms with Crippen LogP contribution in [-0.4, -0.2) is 17.5 Å². The molecule has 1 aliphatic rings. The van der Waals surface area contributed by atoms with E-state index in [1.807, 2.05) is 0 Å². The van der Waals surface area contributed by atoms with Crippen molar-refractivity contribution in [3.63, 3.8) is 0 Å². The van der Waals surface area contributed by atoms with Crippen molar-refractivity contribution in [2.24, 2.45) is 5.92 Å². The Morgan fingerprint density at radius 3 is 2.65 bits per heavy atom. The van der Waals surface area contributed by atoms with Gasteiger partial charge in [0.05, 0.1) is 22.8 Å². The van der Waals surface area contributed by atoms with Gasteiger partial charge in [-0.25, -0.2) is 4.79 Å². The van der Waals surface area contributed by atoms with E-state index < -0.39 is 10.9 Å². The average molecular weight is 278 g/mol. The zero-order valence-electron chi connectivity index (χ0n) is 11.2. The van der Waals surface area contributed by atoms with Crippen LogP contribution in [0.4, 0.5) is 11.4 Å². The second-order valence-corrected chi connectivity index (χ2v) is 5.13. The molecule has 0 bridgehead atoms. The van der Waals surface area contributed by atoms with Crippen molar-refractivity contribution in [1.82, 2.24) is 0 Å². The number of carbonyl (C=O) groups excluding carboxylic acids is 1. The molecule has 0 aromatic heterocycles. The fourth-order valence-corrected chi connectivity index (χ4v) is 2.47. The Morgan fingerprint density at radius 1 is 1.35 bits per heavy atom. The predicted molar refractivity (Wildman–Crippen MR) is 74.4 cm³/mol. The minimum Gasteiger partial charge on any atom is -0.462 e. The highest BCUT2D eigenvalue weighted by molar-refractivity contribution is 5.95. The van der Waals surface area contributed by atoms with E-state index in [-0.39, 0.29) is 16.9 Å². The first-order chi connectivity index (χ1) is 9.58. The van der Waals surface area contributed by atoms with Gasteiger partial charge in [-0.15, -0.1) is 0 Å². The molecule has 6 heteroatoms. The number of benzene rings is 1. The van der Waals surface area contributed by atoms with Gasteiger partial charge in [0.1, 0.15) is 0 Å². The molecule has 1 aliphatic carbocycles. The SMILES string of the molecule is Nc1cc([N+](=O)[O-])ccc1C(=O)OCC1CCCCC1. The number of ether oxygens (including phenoxy) is 1. The maximum Gasteiger partial charge on any atom is 0.340 e. The van der Waals surface area contributed by atoms with E-state index in [9.17, 15) is 14.9 Å². The van der Waals surface area contributed by atoms with E-state index in [0.717, 1.165) is 12.8 Å². The van der Waals surface area contributed by atoms with Crippen LogP contribution >= 0.6 is 0 Å². The van der Waals surface area contributed by atoms with E-state index in [1.165, 1.54) is 37.5 Å². The second kappa shape index (κ2) is 6.36. The molecule has 6 nitrogen and oxygen atoms in total. The largest absolute Gasteiger partial charge is 0.462 e. The van der Waals surface area contributed by atoms with Gasteiger partial charge in [-0.05, 0) is 24.8 Å². The number of hydrogen-bond acceptors (Lipinski definition) is 5. The molecular formula is C14H18N2O4. The first kappa shape index (κ1) is 14.3. The number of nitro benzene ring substituents is 1. The van der Waals surface area contributed by atoms with Gasteiger partial charge >= 0.3 is 5.97 Å². The van der Waals surface area contributed by atoms with Crippen LogP contribution in [0.5, 0.6) is 0 Å². The number of rotatable bonds is 4. The standard InChI is InChI=1S/C14H18N2O4/c15-13-8-11(16(18)19)6-7-12(13)14(17)20-9-10-4-2-1-3-5-10/h6-8,10H,1-5,9,15H2. The minimum atomic E-state index is -0.548. The van der Waals surface area contributed by atoms with Crippen LogP contribution in [0.3, 0.4) is 0 Å². The normalized spacial score (nSPS) is 15.8. The summed E-state index contributed by atoms with van der Waals surface area (Å²) in [6, 6.07) is 3.78. The van der Waals surface area contributed by atoms with Gasteiger partial charge in [-0.1, -0.05) is 19.3 Å². The number of esters is 1. The van der Waals surface area contributed by atoms with Crippen molar-refractivity contribution in [2.45, 2.75) is 32.1 Å². The molecule has 0 amide bonds. The van der Waals surface area contributed by atoms with Gasteiger partial charge in [-0.3, -0.25) is 10.1 Å². The highest BCUT2D eigenvalue weighted by Crippen LogP contribution is 2.25. The fourth-order valence-electron chi connectivity index (χ4n) is 2.47. The zero-order valence-corrected chi connectivity index (χ0v) is 11.2. The predicted octanol–water partition coefficient (Wildman–Crippen LogP) is 2.91. The average Bonchev–Trinajstić information content (AvgIpc) is 2.45. The number of hydrogen-bond donors (Lipinski definition) is 1. The van der Waals surface area contributed by atoms with Crippen LogP contribution in [-0.2, 0) is 4.74 Å². The van der Waals surface area contributed by atoms with Crippen molar-refractivity contribution in [3.05, 3.63) is 33.9 Å². The Hall–Kier alpha value is -2.11. The molecular weight excluding hydrogens is 260 g/mol. The summed E-state index contributed by atoms with van der Waals surface area (Å²) in [5, 5.41) is 10.6. The third-order valence-corrected chi connectivity index (χ3v) is 3.64. The zero-order chi connectivity index (χ0) is 14.5. The van der Waals surface area contributed by atoms with Gasteiger partial charge < -0.3 is 10.5 Å². The lowest BCUT2D eigenvalue weighted by atomic mass is 9.90. The van der Waals surface area contributed by atoms with Crippen LogP contribution in [0, 0.1) is 16.0 Å². The van der Waals surface area contributed by atoms with Gasteiger partial charge in [0.25, 0.3) is 5.69 Å². The number of nitrogens with zero attached hydrogens (tertiary/aromatic N) is 1. The topological polar surface area (TPSA) is 95.5 Å². The molecule has 0 spiro atoms. The Kier molecular flexibility index (Phi) is 4.55. The summed E-state index contributed by atoms with van der Waals surface area (Å²) in [6.07, 6.45) is 5.79. The molecule has 1 aromatic rings. The van der Waals surface area contributed by atoms with E-state index >= 15 is 0 Å². The van der Waals surface area contributed by atoms with Gasteiger partial charge in [-0.2, -0.15) is 0 Å². The van der Waals surface area contributed by atoms with Gasteiger partial charge in [0.15, 0.2) is 0 Å². The summed E-state index contributed by atoms with van der Waals surface area (Å²) in [5.41, 5.74) is 5.79. The lowest BCUT2D eigenvalue weighted by molar-refractivity contribution is -0.384.